The predicted octanol–water partition coefficient (Wildman–Crippen LogP) is 1.31. The molecule has 0 amide bonds. The molecule has 0 unspecified atom stereocenters. The molecule has 1 aromatic carbocycles. The number of likely N-dealkylation sites (N-methyl/N-ethyl adjacent to an activating group) is 1. The van der Waals surface area contributed by atoms with Crippen LogP contribution in [-0.4, -0.2) is 51.5 Å². The topological polar surface area (TPSA) is 65.5 Å². The lowest BCUT2D eigenvalue weighted by atomic mass is 10.2. The Kier molecular flexibility index (Phi) is 5.13. The van der Waals surface area contributed by atoms with E-state index in [1.807, 2.05) is 12.1 Å². The summed E-state index contributed by atoms with van der Waals surface area (Å²) in [6, 6.07) is 12.2. The molecule has 2 heterocycles. The molecule has 128 valence electrons. The van der Waals surface area contributed by atoms with Crippen molar-refractivity contribution in [1.29, 1.82) is 0 Å². The van der Waals surface area contributed by atoms with E-state index < -0.39 is 10.0 Å². The summed E-state index contributed by atoms with van der Waals surface area (Å²) in [5, 5.41) is 0. The third-order valence-electron chi connectivity index (χ3n) is 4.18. The van der Waals surface area contributed by atoms with Crippen molar-refractivity contribution in [3.8, 4) is 0 Å². The normalized spacial score (nSPS) is 16.3. The Morgan fingerprint density at radius 2 is 1.75 bits per heavy atom. The molecule has 0 spiro atoms. The Morgan fingerprint density at radius 1 is 1.04 bits per heavy atom. The fraction of sp³-hybridized carbons (Fsp3) is 0.353. The van der Waals surface area contributed by atoms with Crippen LogP contribution in [0.15, 0.2) is 53.6 Å². The van der Waals surface area contributed by atoms with E-state index in [2.05, 4.69) is 26.6 Å². The van der Waals surface area contributed by atoms with Gasteiger partial charge in [0.2, 0.25) is 10.0 Å². The number of pyridine rings is 1. The number of aromatic nitrogens is 1. The second kappa shape index (κ2) is 7.29. The van der Waals surface area contributed by atoms with Crippen LogP contribution in [0.3, 0.4) is 0 Å². The van der Waals surface area contributed by atoms with Crippen molar-refractivity contribution < 1.29 is 8.42 Å². The molecule has 1 aliphatic heterocycles. The molecule has 0 saturated carbocycles. The van der Waals surface area contributed by atoms with Gasteiger partial charge in [-0.1, -0.05) is 24.3 Å². The molecule has 0 bridgehead atoms. The summed E-state index contributed by atoms with van der Waals surface area (Å²) in [4.78, 5) is 9.24. The molecule has 0 radical (unpaired) electrons. The molecule has 1 saturated heterocycles. The highest BCUT2D eigenvalue weighted by atomic mass is 32.2. The maximum Gasteiger partial charge on any atom is 0.240 e. The van der Waals surface area contributed by atoms with Crippen molar-refractivity contribution >= 4 is 15.8 Å². The van der Waals surface area contributed by atoms with Gasteiger partial charge < -0.3 is 9.80 Å². The van der Waals surface area contributed by atoms with Gasteiger partial charge >= 0.3 is 0 Å². The molecule has 2 aromatic rings. The second-order valence-corrected chi connectivity index (χ2v) is 7.68. The highest BCUT2D eigenvalue weighted by molar-refractivity contribution is 7.89. The number of hydrogen-bond donors (Lipinski definition) is 1. The molecule has 1 N–H and O–H groups in total. The van der Waals surface area contributed by atoms with Crippen LogP contribution < -0.4 is 9.62 Å². The number of sulfonamides is 1. The Morgan fingerprint density at radius 3 is 2.46 bits per heavy atom. The van der Waals surface area contributed by atoms with Gasteiger partial charge in [-0.15, -0.1) is 0 Å². The van der Waals surface area contributed by atoms with Gasteiger partial charge in [0, 0.05) is 44.5 Å². The molecule has 1 aliphatic rings. The summed E-state index contributed by atoms with van der Waals surface area (Å²) in [6.07, 6.45) is 1.75. The molecule has 3 rings (SSSR count). The summed E-state index contributed by atoms with van der Waals surface area (Å²) in [6.45, 7) is 3.97. The Balaban J connectivity index is 1.74. The molecule has 1 fully saturated rings. The molecular formula is C17H22N4O2S. The van der Waals surface area contributed by atoms with Gasteiger partial charge in [-0.3, -0.25) is 0 Å². The largest absolute Gasteiger partial charge is 0.354 e. The summed E-state index contributed by atoms with van der Waals surface area (Å²) in [5.74, 6) is 0.862. The zero-order valence-electron chi connectivity index (χ0n) is 13.7. The van der Waals surface area contributed by atoms with Crippen molar-refractivity contribution in [3.63, 3.8) is 0 Å². The monoisotopic (exact) mass is 346 g/mol. The first-order valence-electron chi connectivity index (χ1n) is 7.98. The Bertz CT molecular complexity index is 772. The number of nitrogens with one attached hydrogen (secondary N) is 1. The fourth-order valence-electron chi connectivity index (χ4n) is 2.73. The first-order valence-corrected chi connectivity index (χ1v) is 9.47. The minimum atomic E-state index is -3.52. The smallest absolute Gasteiger partial charge is 0.240 e. The molecular weight excluding hydrogens is 324 g/mol. The van der Waals surface area contributed by atoms with E-state index >= 15 is 0 Å². The van der Waals surface area contributed by atoms with E-state index in [0.29, 0.717) is 0 Å². The first-order chi connectivity index (χ1) is 11.6. The van der Waals surface area contributed by atoms with Crippen LogP contribution in [-0.2, 0) is 16.6 Å². The third kappa shape index (κ3) is 3.92. The average Bonchev–Trinajstić information content (AvgIpc) is 2.62. The summed E-state index contributed by atoms with van der Waals surface area (Å²) in [7, 11) is -1.42. The van der Waals surface area contributed by atoms with Crippen LogP contribution in [0.25, 0.3) is 0 Å². The van der Waals surface area contributed by atoms with Crippen LogP contribution in [0.1, 0.15) is 5.56 Å². The van der Waals surface area contributed by atoms with Crippen LogP contribution in [0.4, 0.5) is 5.82 Å². The van der Waals surface area contributed by atoms with Gasteiger partial charge in [-0.2, -0.15) is 0 Å². The number of hydrogen-bond acceptors (Lipinski definition) is 5. The molecule has 6 nitrogen and oxygen atoms in total. The van der Waals surface area contributed by atoms with E-state index in [0.717, 1.165) is 37.6 Å². The first kappa shape index (κ1) is 16.9. The number of benzene rings is 1. The van der Waals surface area contributed by atoms with Gasteiger partial charge in [-0.25, -0.2) is 18.1 Å². The summed E-state index contributed by atoms with van der Waals surface area (Å²) >= 11 is 0. The lowest BCUT2D eigenvalue weighted by molar-refractivity contribution is 0.312. The maximum absolute atomic E-state index is 12.4. The Hall–Kier alpha value is -1.96. The van der Waals surface area contributed by atoms with E-state index in [1.165, 1.54) is 0 Å². The summed E-state index contributed by atoms with van der Waals surface area (Å²) in [5.41, 5.74) is 0.890. The van der Waals surface area contributed by atoms with E-state index in [4.69, 9.17) is 0 Å². The van der Waals surface area contributed by atoms with Crippen molar-refractivity contribution in [2.75, 3.05) is 38.1 Å². The van der Waals surface area contributed by atoms with Crippen molar-refractivity contribution in [2.45, 2.75) is 11.4 Å². The molecule has 24 heavy (non-hydrogen) atoms. The fourth-order valence-corrected chi connectivity index (χ4v) is 3.75. The second-order valence-electron chi connectivity index (χ2n) is 5.91. The zero-order chi connectivity index (χ0) is 17.0. The minimum absolute atomic E-state index is 0.229. The number of rotatable bonds is 5. The van der Waals surface area contributed by atoms with Crippen LogP contribution >= 0.6 is 0 Å². The standard InChI is InChI=1S/C17H22N4O2S/c1-20-10-12-21(13-11-20)17-15(6-5-9-18-17)14-19-24(22,23)16-7-3-2-4-8-16/h2-9,19H,10-14H2,1H3. The minimum Gasteiger partial charge on any atom is -0.354 e. The average molecular weight is 346 g/mol. The maximum atomic E-state index is 12.4. The summed E-state index contributed by atoms with van der Waals surface area (Å²) < 4.78 is 27.4. The highest BCUT2D eigenvalue weighted by Gasteiger charge is 2.19. The van der Waals surface area contributed by atoms with E-state index in [9.17, 15) is 8.42 Å². The van der Waals surface area contributed by atoms with Crippen molar-refractivity contribution in [3.05, 3.63) is 54.2 Å². The van der Waals surface area contributed by atoms with Crippen molar-refractivity contribution in [1.82, 2.24) is 14.6 Å². The quantitative estimate of drug-likeness (QED) is 0.884. The molecule has 0 atom stereocenters. The van der Waals surface area contributed by atoms with Gasteiger partial charge in [0.25, 0.3) is 0 Å². The van der Waals surface area contributed by atoms with Crippen LogP contribution in [0.5, 0.6) is 0 Å². The van der Waals surface area contributed by atoms with Crippen LogP contribution in [0.2, 0.25) is 0 Å². The van der Waals surface area contributed by atoms with Gasteiger partial charge in [0.05, 0.1) is 4.90 Å². The van der Waals surface area contributed by atoms with E-state index in [-0.39, 0.29) is 11.4 Å². The van der Waals surface area contributed by atoms with Crippen LogP contribution in [0, 0.1) is 0 Å². The molecule has 7 heteroatoms. The van der Waals surface area contributed by atoms with Gasteiger partial charge in [0.15, 0.2) is 0 Å². The molecule has 1 aromatic heterocycles. The third-order valence-corrected chi connectivity index (χ3v) is 5.59. The van der Waals surface area contributed by atoms with E-state index in [1.54, 1.807) is 36.5 Å². The van der Waals surface area contributed by atoms with Gasteiger partial charge in [-0.05, 0) is 25.2 Å². The number of anilines is 1. The number of nitrogens with zero attached hydrogens (tertiary/aromatic N) is 3. The predicted molar refractivity (Wildman–Crippen MR) is 94.4 cm³/mol. The van der Waals surface area contributed by atoms with Gasteiger partial charge in [0.1, 0.15) is 5.82 Å². The zero-order valence-corrected chi connectivity index (χ0v) is 14.5. The molecule has 0 aliphatic carbocycles. The lowest BCUT2D eigenvalue weighted by Crippen LogP contribution is -2.45. The SMILES string of the molecule is CN1CCN(c2ncccc2CNS(=O)(=O)c2ccccc2)CC1. The van der Waals surface area contributed by atoms with Crippen molar-refractivity contribution in [2.24, 2.45) is 0 Å². The highest BCUT2D eigenvalue weighted by Crippen LogP contribution is 2.19. The Labute approximate surface area is 143 Å². The lowest BCUT2D eigenvalue weighted by Gasteiger charge is -2.34. The number of piperazine rings is 1.